The summed E-state index contributed by atoms with van der Waals surface area (Å²) in [4.78, 5) is 0. The van der Waals surface area contributed by atoms with Crippen molar-refractivity contribution in [3.8, 4) is 17.2 Å². The van der Waals surface area contributed by atoms with Crippen molar-refractivity contribution in [3.05, 3.63) is 53.6 Å². The van der Waals surface area contributed by atoms with Crippen molar-refractivity contribution in [2.45, 2.75) is 31.9 Å². The van der Waals surface area contributed by atoms with Gasteiger partial charge in [0.05, 0.1) is 14.2 Å². The standard InChI is InChI=1S/C20H25NO3/c1-22-19-11-16(17(21)10-14-8-9-14)18(12-20(19)23-2)24-13-15-6-4-3-5-7-15/h3-7,11-12,14,17H,8-10,13,21H2,1-2H3/t17-/m0/s1. The van der Waals surface area contributed by atoms with E-state index in [4.69, 9.17) is 19.9 Å². The highest BCUT2D eigenvalue weighted by Crippen LogP contribution is 2.42. The average molecular weight is 327 g/mol. The first-order valence-corrected chi connectivity index (χ1v) is 8.39. The van der Waals surface area contributed by atoms with Gasteiger partial charge in [-0.15, -0.1) is 0 Å². The van der Waals surface area contributed by atoms with Crippen LogP contribution in [0.4, 0.5) is 0 Å². The van der Waals surface area contributed by atoms with Gasteiger partial charge in [0.25, 0.3) is 0 Å². The van der Waals surface area contributed by atoms with Crippen molar-refractivity contribution in [2.75, 3.05) is 14.2 Å². The molecular formula is C20H25NO3. The molecule has 0 saturated heterocycles. The molecule has 4 heteroatoms. The quantitative estimate of drug-likeness (QED) is 0.793. The number of nitrogens with two attached hydrogens (primary N) is 1. The van der Waals surface area contributed by atoms with E-state index in [0.717, 1.165) is 29.2 Å². The number of benzene rings is 2. The smallest absolute Gasteiger partial charge is 0.164 e. The lowest BCUT2D eigenvalue weighted by atomic mass is 10.00. The summed E-state index contributed by atoms with van der Waals surface area (Å²) < 4.78 is 16.9. The average Bonchev–Trinajstić information content (AvgIpc) is 3.43. The third kappa shape index (κ3) is 4.01. The van der Waals surface area contributed by atoms with Crippen molar-refractivity contribution in [1.82, 2.24) is 0 Å². The zero-order chi connectivity index (χ0) is 16.9. The van der Waals surface area contributed by atoms with Crippen LogP contribution in [0.5, 0.6) is 17.2 Å². The number of rotatable bonds is 8. The van der Waals surface area contributed by atoms with E-state index in [1.165, 1.54) is 12.8 Å². The Labute approximate surface area is 143 Å². The first-order chi connectivity index (χ1) is 11.7. The molecule has 2 aromatic rings. The van der Waals surface area contributed by atoms with E-state index in [1.807, 2.05) is 42.5 Å². The van der Waals surface area contributed by atoms with Crippen molar-refractivity contribution in [2.24, 2.45) is 11.7 Å². The van der Waals surface area contributed by atoms with Gasteiger partial charge in [-0.25, -0.2) is 0 Å². The highest BCUT2D eigenvalue weighted by Gasteiger charge is 2.27. The minimum Gasteiger partial charge on any atom is -0.493 e. The van der Waals surface area contributed by atoms with Crippen LogP contribution in [0.3, 0.4) is 0 Å². The molecule has 0 unspecified atom stereocenters. The second-order valence-corrected chi connectivity index (χ2v) is 6.30. The Kier molecular flexibility index (Phi) is 5.26. The van der Waals surface area contributed by atoms with Crippen molar-refractivity contribution in [1.29, 1.82) is 0 Å². The fraction of sp³-hybridized carbons (Fsp3) is 0.400. The van der Waals surface area contributed by atoms with Crippen LogP contribution in [0.2, 0.25) is 0 Å². The highest BCUT2D eigenvalue weighted by molar-refractivity contribution is 5.52. The van der Waals surface area contributed by atoms with Crippen LogP contribution in [-0.4, -0.2) is 14.2 Å². The van der Waals surface area contributed by atoms with Crippen molar-refractivity contribution < 1.29 is 14.2 Å². The van der Waals surface area contributed by atoms with Gasteiger partial charge in [-0.3, -0.25) is 0 Å². The number of methoxy groups -OCH3 is 2. The number of hydrogen-bond acceptors (Lipinski definition) is 4. The third-order valence-corrected chi connectivity index (χ3v) is 4.44. The fourth-order valence-corrected chi connectivity index (χ4v) is 2.87. The lowest BCUT2D eigenvalue weighted by molar-refractivity contribution is 0.294. The maximum absolute atomic E-state index is 6.44. The van der Waals surface area contributed by atoms with E-state index in [0.29, 0.717) is 18.1 Å². The summed E-state index contributed by atoms with van der Waals surface area (Å²) >= 11 is 0. The summed E-state index contributed by atoms with van der Waals surface area (Å²) in [5.41, 5.74) is 8.55. The molecule has 128 valence electrons. The van der Waals surface area contributed by atoms with Gasteiger partial charge in [-0.05, 0) is 24.0 Å². The predicted octanol–water partition coefficient (Wildman–Crippen LogP) is 4.08. The Morgan fingerprint density at radius 3 is 2.29 bits per heavy atom. The molecule has 0 bridgehead atoms. The molecule has 0 spiro atoms. The van der Waals surface area contributed by atoms with Crippen LogP contribution in [-0.2, 0) is 6.61 Å². The summed E-state index contributed by atoms with van der Waals surface area (Å²) in [6.07, 6.45) is 3.54. The molecule has 0 aromatic heterocycles. The van der Waals surface area contributed by atoms with E-state index in [1.54, 1.807) is 14.2 Å². The van der Waals surface area contributed by atoms with Crippen molar-refractivity contribution >= 4 is 0 Å². The van der Waals surface area contributed by atoms with E-state index in [2.05, 4.69) is 0 Å². The molecule has 1 atom stereocenters. The Balaban J connectivity index is 1.85. The maximum Gasteiger partial charge on any atom is 0.164 e. The molecule has 1 aliphatic carbocycles. The number of hydrogen-bond donors (Lipinski definition) is 1. The third-order valence-electron chi connectivity index (χ3n) is 4.44. The predicted molar refractivity (Wildman–Crippen MR) is 94.6 cm³/mol. The molecule has 24 heavy (non-hydrogen) atoms. The topological polar surface area (TPSA) is 53.7 Å². The van der Waals surface area contributed by atoms with Gasteiger partial charge >= 0.3 is 0 Å². The van der Waals surface area contributed by atoms with E-state index in [-0.39, 0.29) is 6.04 Å². The molecule has 1 fully saturated rings. The largest absolute Gasteiger partial charge is 0.493 e. The Bertz CT molecular complexity index is 668. The lowest BCUT2D eigenvalue weighted by Crippen LogP contribution is -2.13. The number of ether oxygens (including phenoxy) is 3. The second-order valence-electron chi connectivity index (χ2n) is 6.30. The van der Waals surface area contributed by atoms with Gasteiger partial charge in [0.1, 0.15) is 12.4 Å². The maximum atomic E-state index is 6.44. The normalized spacial score (nSPS) is 15.0. The molecule has 1 aliphatic rings. The molecule has 2 N–H and O–H groups in total. The SMILES string of the molecule is COc1cc(OCc2ccccc2)c([C@@H](N)CC2CC2)cc1OC. The fourth-order valence-electron chi connectivity index (χ4n) is 2.87. The molecule has 0 aliphatic heterocycles. The summed E-state index contributed by atoms with van der Waals surface area (Å²) in [6, 6.07) is 13.9. The van der Waals surface area contributed by atoms with E-state index < -0.39 is 0 Å². The first kappa shape index (κ1) is 16.7. The van der Waals surface area contributed by atoms with Gasteiger partial charge in [0.15, 0.2) is 11.5 Å². The van der Waals surface area contributed by atoms with Gasteiger partial charge in [0.2, 0.25) is 0 Å². The minimum atomic E-state index is -0.0527. The highest BCUT2D eigenvalue weighted by atomic mass is 16.5. The molecule has 1 saturated carbocycles. The molecule has 0 amide bonds. The van der Waals surface area contributed by atoms with Crippen LogP contribution in [0, 0.1) is 5.92 Å². The van der Waals surface area contributed by atoms with Crippen LogP contribution in [0.1, 0.15) is 36.4 Å². The van der Waals surface area contributed by atoms with Crippen LogP contribution in [0.25, 0.3) is 0 Å². The zero-order valence-electron chi connectivity index (χ0n) is 14.3. The van der Waals surface area contributed by atoms with E-state index in [9.17, 15) is 0 Å². The molecule has 0 heterocycles. The first-order valence-electron chi connectivity index (χ1n) is 8.39. The van der Waals surface area contributed by atoms with Crippen LogP contribution in [0.15, 0.2) is 42.5 Å². The monoisotopic (exact) mass is 327 g/mol. The summed E-state index contributed by atoms with van der Waals surface area (Å²) in [5.74, 6) is 2.86. The molecular weight excluding hydrogens is 302 g/mol. The summed E-state index contributed by atoms with van der Waals surface area (Å²) in [7, 11) is 3.27. The van der Waals surface area contributed by atoms with Crippen LogP contribution < -0.4 is 19.9 Å². The Morgan fingerprint density at radius 2 is 1.67 bits per heavy atom. The lowest BCUT2D eigenvalue weighted by Gasteiger charge is -2.20. The van der Waals surface area contributed by atoms with Gasteiger partial charge < -0.3 is 19.9 Å². The molecule has 0 radical (unpaired) electrons. The minimum absolute atomic E-state index is 0.0527. The zero-order valence-corrected chi connectivity index (χ0v) is 14.3. The Hall–Kier alpha value is -2.20. The van der Waals surface area contributed by atoms with E-state index >= 15 is 0 Å². The van der Waals surface area contributed by atoms with Crippen LogP contribution >= 0.6 is 0 Å². The van der Waals surface area contributed by atoms with Gasteiger partial charge in [-0.2, -0.15) is 0 Å². The van der Waals surface area contributed by atoms with Gasteiger partial charge in [0, 0.05) is 17.7 Å². The Morgan fingerprint density at radius 1 is 1.00 bits per heavy atom. The summed E-state index contributed by atoms with van der Waals surface area (Å²) in [5, 5.41) is 0. The second kappa shape index (κ2) is 7.58. The van der Waals surface area contributed by atoms with Crippen molar-refractivity contribution in [3.63, 3.8) is 0 Å². The summed E-state index contributed by atoms with van der Waals surface area (Å²) in [6.45, 7) is 0.499. The van der Waals surface area contributed by atoms with Gasteiger partial charge in [-0.1, -0.05) is 43.2 Å². The molecule has 4 nitrogen and oxygen atoms in total. The molecule has 3 rings (SSSR count). The molecule has 2 aromatic carbocycles.